The number of fused-ring (bicyclic) bond motifs is 1. The fraction of sp³-hybridized carbons (Fsp3) is 0.240. The molecule has 0 bridgehead atoms. The van der Waals surface area contributed by atoms with Gasteiger partial charge in [0.15, 0.2) is 17.6 Å². The van der Waals surface area contributed by atoms with Crippen molar-refractivity contribution in [3.05, 3.63) is 77.3 Å². The van der Waals surface area contributed by atoms with E-state index >= 15 is 0 Å². The molecule has 0 unspecified atom stereocenters. The molecule has 3 aromatic rings. The molecule has 1 amide bonds. The molecule has 1 heterocycles. The van der Waals surface area contributed by atoms with Gasteiger partial charge in [-0.25, -0.2) is 8.42 Å². The molecule has 1 aliphatic heterocycles. The Bertz CT molecular complexity index is 1310. The lowest BCUT2D eigenvalue weighted by Gasteiger charge is -2.34. The number of nitrogens with one attached hydrogen (secondary N) is 1. The van der Waals surface area contributed by atoms with Crippen molar-refractivity contribution in [1.29, 1.82) is 0 Å². The van der Waals surface area contributed by atoms with Gasteiger partial charge in [0.2, 0.25) is 0 Å². The molecule has 0 radical (unpaired) electrons. The SMILES string of the molecule is COc1ccc(CCNC(=O)[C@H]2CN(S(=O)(=O)c3ccc(Cl)cc3)c3ccccc3O2)cc1OC. The molecule has 8 nitrogen and oxygen atoms in total. The van der Waals surface area contributed by atoms with E-state index in [1.807, 2.05) is 12.1 Å². The number of carbonyl (C=O) groups excluding carboxylic acids is 1. The number of hydrogen-bond donors (Lipinski definition) is 1. The predicted octanol–water partition coefficient (Wildman–Crippen LogP) is 3.67. The Morgan fingerprint density at radius 2 is 1.77 bits per heavy atom. The van der Waals surface area contributed by atoms with E-state index in [4.69, 9.17) is 25.8 Å². The second-order valence-electron chi connectivity index (χ2n) is 7.79. The summed E-state index contributed by atoms with van der Waals surface area (Å²) in [6, 6.07) is 18.2. The van der Waals surface area contributed by atoms with Crippen LogP contribution in [0.4, 0.5) is 5.69 Å². The van der Waals surface area contributed by atoms with Gasteiger partial charge in [-0.3, -0.25) is 9.10 Å². The van der Waals surface area contributed by atoms with Crippen molar-refractivity contribution in [3.63, 3.8) is 0 Å². The zero-order valence-corrected chi connectivity index (χ0v) is 20.8. The summed E-state index contributed by atoms with van der Waals surface area (Å²) in [7, 11) is -0.821. The molecule has 3 aromatic carbocycles. The van der Waals surface area contributed by atoms with E-state index in [0.717, 1.165) is 5.56 Å². The fourth-order valence-electron chi connectivity index (χ4n) is 3.78. The maximum absolute atomic E-state index is 13.4. The fourth-order valence-corrected chi connectivity index (χ4v) is 5.38. The van der Waals surface area contributed by atoms with Gasteiger partial charge in [-0.15, -0.1) is 0 Å². The van der Waals surface area contributed by atoms with Gasteiger partial charge in [0.25, 0.3) is 15.9 Å². The first-order valence-electron chi connectivity index (χ1n) is 10.9. The first kappa shape index (κ1) is 24.7. The van der Waals surface area contributed by atoms with Crippen LogP contribution >= 0.6 is 11.6 Å². The number of rotatable bonds is 8. The van der Waals surface area contributed by atoms with Crippen LogP contribution in [0.15, 0.2) is 71.6 Å². The molecule has 184 valence electrons. The molecule has 1 atom stereocenters. The molecule has 0 saturated carbocycles. The molecule has 4 rings (SSSR count). The summed E-state index contributed by atoms with van der Waals surface area (Å²) in [6.45, 7) is 0.171. The standard InChI is InChI=1S/C25H25ClN2O6S/c1-32-22-12-7-17(15-23(22)33-2)13-14-27-25(29)24-16-28(20-5-3-4-6-21(20)34-24)35(30,31)19-10-8-18(26)9-11-19/h3-12,15,24H,13-14,16H2,1-2H3,(H,27,29)/t24-/m1/s1. The van der Waals surface area contributed by atoms with E-state index in [2.05, 4.69) is 5.32 Å². The number of hydrogen-bond acceptors (Lipinski definition) is 6. The summed E-state index contributed by atoms with van der Waals surface area (Å²) in [5, 5.41) is 3.27. The van der Waals surface area contributed by atoms with Gasteiger partial charge in [-0.05, 0) is 60.5 Å². The molecular formula is C25H25ClN2O6S. The Labute approximate surface area is 209 Å². The van der Waals surface area contributed by atoms with Crippen LogP contribution in [0.2, 0.25) is 5.02 Å². The van der Waals surface area contributed by atoms with Crippen LogP contribution in [0, 0.1) is 0 Å². The number of ether oxygens (including phenoxy) is 3. The van der Waals surface area contributed by atoms with Crippen molar-refractivity contribution >= 4 is 33.2 Å². The third-order valence-electron chi connectivity index (χ3n) is 5.59. The lowest BCUT2D eigenvalue weighted by Crippen LogP contribution is -2.51. The van der Waals surface area contributed by atoms with Crippen LogP contribution in [0.25, 0.3) is 0 Å². The highest BCUT2D eigenvalue weighted by Crippen LogP contribution is 2.37. The summed E-state index contributed by atoms with van der Waals surface area (Å²) in [5.41, 5.74) is 1.32. The number of sulfonamides is 1. The average molecular weight is 517 g/mol. The maximum Gasteiger partial charge on any atom is 0.264 e. The maximum atomic E-state index is 13.4. The molecule has 0 aliphatic carbocycles. The molecule has 1 N–H and O–H groups in total. The van der Waals surface area contributed by atoms with E-state index in [0.29, 0.717) is 40.9 Å². The quantitative estimate of drug-likeness (QED) is 0.491. The molecular weight excluding hydrogens is 492 g/mol. The lowest BCUT2D eigenvalue weighted by molar-refractivity contribution is -0.127. The Balaban J connectivity index is 1.49. The number of amides is 1. The van der Waals surface area contributed by atoms with Crippen molar-refractivity contribution in [2.24, 2.45) is 0 Å². The van der Waals surface area contributed by atoms with Crippen LogP contribution in [-0.2, 0) is 21.2 Å². The third-order valence-corrected chi connectivity index (χ3v) is 7.64. The van der Waals surface area contributed by atoms with Gasteiger partial charge in [-0.1, -0.05) is 29.8 Å². The normalized spacial score (nSPS) is 15.1. The van der Waals surface area contributed by atoms with Crippen molar-refractivity contribution in [2.45, 2.75) is 17.4 Å². The first-order chi connectivity index (χ1) is 16.8. The second-order valence-corrected chi connectivity index (χ2v) is 10.1. The van der Waals surface area contributed by atoms with Crippen molar-refractivity contribution < 1.29 is 27.4 Å². The second kappa shape index (κ2) is 10.5. The van der Waals surface area contributed by atoms with Gasteiger partial charge in [-0.2, -0.15) is 0 Å². The predicted molar refractivity (Wildman–Crippen MR) is 133 cm³/mol. The van der Waals surface area contributed by atoms with Gasteiger partial charge in [0.05, 0.1) is 31.3 Å². The lowest BCUT2D eigenvalue weighted by atomic mass is 10.1. The van der Waals surface area contributed by atoms with Crippen LogP contribution in [0.3, 0.4) is 0 Å². The highest BCUT2D eigenvalue weighted by Gasteiger charge is 2.37. The number of para-hydroxylation sites is 2. The van der Waals surface area contributed by atoms with Gasteiger partial charge in [0.1, 0.15) is 5.75 Å². The highest BCUT2D eigenvalue weighted by atomic mass is 35.5. The summed E-state index contributed by atoms with van der Waals surface area (Å²) >= 11 is 5.92. The summed E-state index contributed by atoms with van der Waals surface area (Å²) < 4.78 is 44.5. The Hall–Kier alpha value is -3.43. The number of carbonyl (C=O) groups is 1. The van der Waals surface area contributed by atoms with E-state index in [9.17, 15) is 13.2 Å². The summed E-state index contributed by atoms with van der Waals surface area (Å²) in [6.07, 6.45) is -0.472. The van der Waals surface area contributed by atoms with Crippen LogP contribution < -0.4 is 23.8 Å². The van der Waals surface area contributed by atoms with Gasteiger partial charge >= 0.3 is 0 Å². The zero-order chi connectivity index (χ0) is 25.0. The topological polar surface area (TPSA) is 94.2 Å². The molecule has 0 aromatic heterocycles. The average Bonchev–Trinajstić information content (AvgIpc) is 2.88. The Morgan fingerprint density at radius 1 is 1.06 bits per heavy atom. The van der Waals surface area contributed by atoms with Crippen molar-refractivity contribution in [2.75, 3.05) is 31.6 Å². The smallest absolute Gasteiger partial charge is 0.264 e. The number of methoxy groups -OCH3 is 2. The van der Waals surface area contributed by atoms with Crippen LogP contribution in [0.5, 0.6) is 17.2 Å². The number of halogens is 1. The van der Waals surface area contributed by atoms with E-state index in [1.54, 1.807) is 44.6 Å². The highest BCUT2D eigenvalue weighted by molar-refractivity contribution is 7.92. The van der Waals surface area contributed by atoms with Crippen LogP contribution in [0.1, 0.15) is 5.56 Å². The molecule has 0 saturated heterocycles. The van der Waals surface area contributed by atoms with Gasteiger partial charge < -0.3 is 19.5 Å². The molecule has 0 fully saturated rings. The largest absolute Gasteiger partial charge is 0.493 e. The number of anilines is 1. The van der Waals surface area contributed by atoms with Crippen molar-refractivity contribution in [3.8, 4) is 17.2 Å². The van der Waals surface area contributed by atoms with E-state index in [-0.39, 0.29) is 11.4 Å². The minimum absolute atomic E-state index is 0.0752. The van der Waals surface area contributed by atoms with Crippen LogP contribution in [-0.4, -0.2) is 47.7 Å². The monoisotopic (exact) mass is 516 g/mol. The zero-order valence-electron chi connectivity index (χ0n) is 19.2. The molecule has 1 aliphatic rings. The van der Waals surface area contributed by atoms with E-state index < -0.39 is 22.0 Å². The summed E-state index contributed by atoms with van der Waals surface area (Å²) in [4.78, 5) is 13.0. The van der Waals surface area contributed by atoms with Gasteiger partial charge in [0, 0.05) is 11.6 Å². The molecule has 0 spiro atoms. The Kier molecular flexibility index (Phi) is 7.37. The van der Waals surface area contributed by atoms with E-state index in [1.165, 1.54) is 28.6 Å². The minimum Gasteiger partial charge on any atom is -0.493 e. The number of benzene rings is 3. The van der Waals surface area contributed by atoms with Crippen molar-refractivity contribution in [1.82, 2.24) is 5.32 Å². The molecule has 35 heavy (non-hydrogen) atoms. The third kappa shape index (κ3) is 5.31. The first-order valence-corrected chi connectivity index (χ1v) is 12.7. The molecule has 10 heteroatoms. The Morgan fingerprint density at radius 3 is 2.49 bits per heavy atom. The minimum atomic E-state index is -3.95. The number of nitrogens with zero attached hydrogens (tertiary/aromatic N) is 1. The summed E-state index contributed by atoms with van der Waals surface area (Å²) in [5.74, 6) is 1.13.